The van der Waals surface area contributed by atoms with Gasteiger partial charge < -0.3 is 5.32 Å². The van der Waals surface area contributed by atoms with Gasteiger partial charge in [-0.3, -0.25) is 0 Å². The van der Waals surface area contributed by atoms with Crippen molar-refractivity contribution in [3.05, 3.63) is 33.8 Å². The third-order valence-corrected chi connectivity index (χ3v) is 3.64. The van der Waals surface area contributed by atoms with Crippen LogP contribution in [0, 0.1) is 17.6 Å². The van der Waals surface area contributed by atoms with Crippen molar-refractivity contribution in [1.82, 2.24) is 5.32 Å². The van der Waals surface area contributed by atoms with Crippen molar-refractivity contribution in [1.29, 1.82) is 0 Å². The van der Waals surface area contributed by atoms with Crippen molar-refractivity contribution < 1.29 is 8.78 Å². The summed E-state index contributed by atoms with van der Waals surface area (Å²) in [6.07, 6.45) is 2.60. The average molecular weight is 290 g/mol. The highest BCUT2D eigenvalue weighted by atomic mass is 79.9. The Kier molecular flexibility index (Phi) is 3.92. The summed E-state index contributed by atoms with van der Waals surface area (Å²) >= 11 is 3.09. The summed E-state index contributed by atoms with van der Waals surface area (Å²) in [5.41, 5.74) is 0.211. The minimum Gasteiger partial charge on any atom is -0.316 e. The minimum absolute atomic E-state index is 0.211. The number of hydrogen-bond donors (Lipinski definition) is 1. The van der Waals surface area contributed by atoms with Gasteiger partial charge in [-0.05, 0) is 66.3 Å². The molecule has 16 heavy (non-hydrogen) atoms. The number of hydrogen-bond acceptors (Lipinski definition) is 1. The first-order valence-corrected chi connectivity index (χ1v) is 6.31. The van der Waals surface area contributed by atoms with E-state index in [1.165, 1.54) is 12.1 Å². The second-order valence-corrected chi connectivity index (χ2v) is 5.09. The number of benzene rings is 1. The van der Waals surface area contributed by atoms with E-state index in [1.54, 1.807) is 0 Å². The highest BCUT2D eigenvalue weighted by Gasteiger charge is 2.19. The summed E-state index contributed by atoms with van der Waals surface area (Å²) in [5, 5.41) is 3.25. The first-order chi connectivity index (χ1) is 7.68. The van der Waals surface area contributed by atoms with Gasteiger partial charge in [-0.2, -0.15) is 0 Å². The molecule has 1 saturated heterocycles. The van der Waals surface area contributed by atoms with Crippen molar-refractivity contribution in [2.75, 3.05) is 13.1 Å². The molecule has 0 spiro atoms. The molecule has 1 aromatic rings. The lowest BCUT2D eigenvalue weighted by Crippen LogP contribution is -2.31. The average Bonchev–Trinajstić information content (AvgIpc) is 2.31. The quantitative estimate of drug-likeness (QED) is 0.824. The van der Waals surface area contributed by atoms with E-state index in [1.807, 2.05) is 0 Å². The number of piperidine rings is 1. The fraction of sp³-hybridized carbons (Fsp3) is 0.500. The second-order valence-electron chi connectivity index (χ2n) is 4.24. The van der Waals surface area contributed by atoms with Crippen molar-refractivity contribution in [2.24, 2.45) is 5.92 Å². The Bertz CT molecular complexity index is 376. The third kappa shape index (κ3) is 2.61. The van der Waals surface area contributed by atoms with Crippen LogP contribution < -0.4 is 5.32 Å². The summed E-state index contributed by atoms with van der Waals surface area (Å²) in [6.45, 7) is 1.87. The van der Waals surface area contributed by atoms with Crippen LogP contribution in [0.2, 0.25) is 0 Å². The Labute approximate surface area is 102 Å². The molecule has 0 amide bonds. The van der Waals surface area contributed by atoms with Crippen LogP contribution in [0.15, 0.2) is 16.6 Å². The smallest absolute Gasteiger partial charge is 0.143 e. The molecule has 88 valence electrons. The fourth-order valence-electron chi connectivity index (χ4n) is 2.14. The first kappa shape index (κ1) is 12.0. The molecule has 0 radical (unpaired) electrons. The molecule has 0 aliphatic carbocycles. The Morgan fingerprint density at radius 1 is 1.38 bits per heavy atom. The fourth-order valence-corrected chi connectivity index (χ4v) is 2.51. The van der Waals surface area contributed by atoms with Gasteiger partial charge in [0.05, 0.1) is 4.47 Å². The van der Waals surface area contributed by atoms with Crippen LogP contribution in [0.1, 0.15) is 18.4 Å². The number of halogens is 3. The lowest BCUT2D eigenvalue weighted by molar-refractivity contribution is 0.366. The molecular weight excluding hydrogens is 276 g/mol. The Hall–Kier alpha value is -0.480. The zero-order chi connectivity index (χ0) is 11.5. The number of nitrogens with one attached hydrogen (secondary N) is 1. The van der Waals surface area contributed by atoms with Crippen LogP contribution in [0.5, 0.6) is 0 Å². The zero-order valence-corrected chi connectivity index (χ0v) is 10.5. The third-order valence-electron chi connectivity index (χ3n) is 3.03. The molecule has 1 nitrogen and oxygen atoms in total. The van der Waals surface area contributed by atoms with Gasteiger partial charge in [-0.1, -0.05) is 0 Å². The van der Waals surface area contributed by atoms with Crippen LogP contribution in [-0.2, 0) is 6.42 Å². The van der Waals surface area contributed by atoms with Crippen LogP contribution >= 0.6 is 15.9 Å². The van der Waals surface area contributed by atoms with Crippen molar-refractivity contribution in [3.8, 4) is 0 Å². The summed E-state index contributed by atoms with van der Waals surface area (Å²) in [5.74, 6) is -0.552. The molecule has 1 heterocycles. The van der Waals surface area contributed by atoms with E-state index >= 15 is 0 Å². The molecule has 0 bridgehead atoms. The highest BCUT2D eigenvalue weighted by Crippen LogP contribution is 2.25. The van der Waals surface area contributed by atoms with E-state index in [-0.39, 0.29) is 5.56 Å². The van der Waals surface area contributed by atoms with Crippen molar-refractivity contribution in [2.45, 2.75) is 19.3 Å². The number of rotatable bonds is 2. The molecule has 1 aromatic carbocycles. The molecule has 1 unspecified atom stereocenters. The molecular formula is C12H14BrF2N. The van der Waals surface area contributed by atoms with E-state index in [4.69, 9.17) is 0 Å². The topological polar surface area (TPSA) is 12.0 Å². The van der Waals surface area contributed by atoms with Crippen LogP contribution in [0.4, 0.5) is 8.78 Å². The molecule has 1 aliphatic heterocycles. The largest absolute Gasteiger partial charge is 0.316 e. The Balaban J connectivity index is 2.16. The van der Waals surface area contributed by atoms with Gasteiger partial charge in [-0.15, -0.1) is 0 Å². The van der Waals surface area contributed by atoms with E-state index in [9.17, 15) is 8.78 Å². The lowest BCUT2D eigenvalue weighted by atomic mass is 9.92. The molecule has 1 fully saturated rings. The van der Waals surface area contributed by atoms with Gasteiger partial charge in [0.1, 0.15) is 11.6 Å². The molecule has 4 heteroatoms. The summed E-state index contributed by atoms with van der Waals surface area (Å²) < 4.78 is 27.6. The summed E-state index contributed by atoms with van der Waals surface area (Å²) in [6, 6.07) is 2.73. The standard InChI is InChI=1S/C12H14BrF2N/c13-10-3-4-11(14)9(12(10)15)6-8-2-1-5-16-7-8/h3-4,8,16H,1-2,5-7H2. The van der Waals surface area contributed by atoms with E-state index in [0.29, 0.717) is 16.8 Å². The normalized spacial score (nSPS) is 21.1. The molecule has 2 rings (SSSR count). The molecule has 1 N–H and O–H groups in total. The maximum Gasteiger partial charge on any atom is 0.143 e. The van der Waals surface area contributed by atoms with Gasteiger partial charge in [0.15, 0.2) is 0 Å². The van der Waals surface area contributed by atoms with E-state index < -0.39 is 11.6 Å². The van der Waals surface area contributed by atoms with Gasteiger partial charge >= 0.3 is 0 Å². The first-order valence-electron chi connectivity index (χ1n) is 5.51. The maximum absolute atomic E-state index is 13.7. The summed E-state index contributed by atoms with van der Waals surface area (Å²) in [4.78, 5) is 0. The van der Waals surface area contributed by atoms with Crippen LogP contribution in [-0.4, -0.2) is 13.1 Å². The highest BCUT2D eigenvalue weighted by molar-refractivity contribution is 9.10. The monoisotopic (exact) mass is 289 g/mol. The zero-order valence-electron chi connectivity index (χ0n) is 8.90. The molecule has 0 aromatic heterocycles. The predicted molar refractivity (Wildman–Crippen MR) is 63.4 cm³/mol. The van der Waals surface area contributed by atoms with Gasteiger partial charge in [0, 0.05) is 5.56 Å². The van der Waals surface area contributed by atoms with Crippen molar-refractivity contribution in [3.63, 3.8) is 0 Å². The second kappa shape index (κ2) is 5.23. The maximum atomic E-state index is 13.7. The van der Waals surface area contributed by atoms with E-state index in [0.717, 1.165) is 25.9 Å². The van der Waals surface area contributed by atoms with Gasteiger partial charge in [0.25, 0.3) is 0 Å². The van der Waals surface area contributed by atoms with Crippen molar-refractivity contribution >= 4 is 15.9 Å². The Morgan fingerprint density at radius 2 is 2.19 bits per heavy atom. The van der Waals surface area contributed by atoms with Crippen LogP contribution in [0.3, 0.4) is 0 Å². The Morgan fingerprint density at radius 3 is 2.88 bits per heavy atom. The van der Waals surface area contributed by atoms with Gasteiger partial charge in [-0.25, -0.2) is 8.78 Å². The molecule has 1 atom stereocenters. The van der Waals surface area contributed by atoms with Crippen LogP contribution in [0.25, 0.3) is 0 Å². The molecule has 0 saturated carbocycles. The predicted octanol–water partition coefficient (Wildman–Crippen LogP) is 3.27. The lowest BCUT2D eigenvalue weighted by Gasteiger charge is -2.23. The molecule has 1 aliphatic rings. The van der Waals surface area contributed by atoms with Gasteiger partial charge in [0.2, 0.25) is 0 Å². The SMILES string of the molecule is Fc1ccc(Br)c(F)c1CC1CCCNC1. The van der Waals surface area contributed by atoms with E-state index in [2.05, 4.69) is 21.2 Å². The summed E-state index contributed by atoms with van der Waals surface area (Å²) in [7, 11) is 0. The minimum atomic E-state index is -0.453.